The van der Waals surface area contributed by atoms with Crippen molar-refractivity contribution in [3.63, 3.8) is 0 Å². The Hall–Kier alpha value is -1.96. The molecule has 1 aromatic carbocycles. The first-order valence-corrected chi connectivity index (χ1v) is 5.70. The van der Waals surface area contributed by atoms with Crippen molar-refractivity contribution in [2.75, 3.05) is 0 Å². The summed E-state index contributed by atoms with van der Waals surface area (Å²) in [6, 6.07) is 13.3. The maximum absolute atomic E-state index is 12.2. The molecule has 0 N–H and O–H groups in total. The number of Topliss-reactive ketones (excluding diaryl/α,β-unsaturated/α-hetero) is 1. The Kier molecular flexibility index (Phi) is 3.33. The molecule has 2 nitrogen and oxygen atoms in total. The molecule has 0 spiro atoms. The molecule has 0 aliphatic carbocycles. The first-order chi connectivity index (χ1) is 8.18. The molecule has 1 unspecified atom stereocenters. The summed E-state index contributed by atoms with van der Waals surface area (Å²) in [7, 11) is 0. The zero-order valence-electron chi connectivity index (χ0n) is 10.1. The number of nitrogens with zero attached hydrogens (tertiary/aromatic N) is 1. The monoisotopic (exact) mass is 225 g/mol. The molecule has 0 radical (unpaired) electrons. The normalized spacial score (nSPS) is 12.1. The number of carbonyl (C=O) groups is 1. The van der Waals surface area contributed by atoms with Crippen LogP contribution in [0.1, 0.15) is 34.5 Å². The van der Waals surface area contributed by atoms with Crippen LogP contribution < -0.4 is 0 Å². The highest BCUT2D eigenvalue weighted by atomic mass is 16.1. The fraction of sp³-hybridized carbons (Fsp3) is 0.200. The van der Waals surface area contributed by atoms with Gasteiger partial charge in [-0.05, 0) is 26.0 Å². The quantitative estimate of drug-likeness (QED) is 0.749. The van der Waals surface area contributed by atoms with Crippen LogP contribution >= 0.6 is 0 Å². The van der Waals surface area contributed by atoms with E-state index in [1.54, 1.807) is 6.20 Å². The van der Waals surface area contributed by atoms with Crippen LogP contribution in [0.25, 0.3) is 0 Å². The van der Waals surface area contributed by atoms with Crippen LogP contribution in [0.2, 0.25) is 0 Å². The summed E-state index contributed by atoms with van der Waals surface area (Å²) in [5, 5.41) is 0. The van der Waals surface area contributed by atoms with Crippen LogP contribution in [-0.4, -0.2) is 10.8 Å². The molecule has 2 aromatic rings. The lowest BCUT2D eigenvalue weighted by Crippen LogP contribution is -2.10. The average molecular weight is 225 g/mol. The van der Waals surface area contributed by atoms with Crippen LogP contribution in [0.5, 0.6) is 0 Å². The molecular formula is C15H15NO. The van der Waals surface area contributed by atoms with Crippen molar-refractivity contribution < 1.29 is 4.79 Å². The van der Waals surface area contributed by atoms with E-state index in [0.29, 0.717) is 0 Å². The standard InChI is InChI=1S/C15H15NO/c1-11-6-8-13(9-7-11)15(17)12(2)14-5-3-4-10-16-14/h3-10,12H,1-2H3. The molecule has 0 saturated heterocycles. The van der Waals surface area contributed by atoms with Crippen molar-refractivity contribution in [1.29, 1.82) is 0 Å². The molecule has 2 rings (SSSR count). The predicted molar refractivity (Wildman–Crippen MR) is 68.2 cm³/mol. The van der Waals surface area contributed by atoms with E-state index in [4.69, 9.17) is 0 Å². The predicted octanol–water partition coefficient (Wildman–Crippen LogP) is 3.38. The van der Waals surface area contributed by atoms with Gasteiger partial charge in [-0.2, -0.15) is 0 Å². The molecule has 0 fully saturated rings. The van der Waals surface area contributed by atoms with Crippen LogP contribution in [0.4, 0.5) is 0 Å². The molecule has 0 amide bonds. The number of benzene rings is 1. The minimum atomic E-state index is -0.195. The Morgan fingerprint density at radius 2 is 1.82 bits per heavy atom. The van der Waals surface area contributed by atoms with Crippen molar-refractivity contribution in [3.05, 3.63) is 65.5 Å². The van der Waals surface area contributed by atoms with E-state index >= 15 is 0 Å². The van der Waals surface area contributed by atoms with Gasteiger partial charge >= 0.3 is 0 Å². The summed E-state index contributed by atoms with van der Waals surface area (Å²) in [6.07, 6.45) is 1.72. The molecule has 1 aromatic heterocycles. The Morgan fingerprint density at radius 3 is 2.41 bits per heavy atom. The molecule has 2 heteroatoms. The van der Waals surface area contributed by atoms with E-state index < -0.39 is 0 Å². The van der Waals surface area contributed by atoms with E-state index in [1.807, 2.05) is 56.3 Å². The Balaban J connectivity index is 2.23. The number of hydrogen-bond acceptors (Lipinski definition) is 2. The highest BCUT2D eigenvalue weighted by Gasteiger charge is 2.17. The van der Waals surface area contributed by atoms with Crippen molar-refractivity contribution in [3.8, 4) is 0 Å². The molecule has 0 aliphatic rings. The first-order valence-electron chi connectivity index (χ1n) is 5.70. The fourth-order valence-corrected chi connectivity index (χ4v) is 1.73. The van der Waals surface area contributed by atoms with Crippen LogP contribution in [0, 0.1) is 6.92 Å². The van der Waals surface area contributed by atoms with Gasteiger partial charge in [-0.3, -0.25) is 9.78 Å². The van der Waals surface area contributed by atoms with E-state index in [0.717, 1.165) is 16.8 Å². The van der Waals surface area contributed by atoms with Crippen molar-refractivity contribution in [2.24, 2.45) is 0 Å². The lowest BCUT2D eigenvalue weighted by Gasteiger charge is -2.09. The summed E-state index contributed by atoms with van der Waals surface area (Å²) in [4.78, 5) is 16.4. The molecule has 17 heavy (non-hydrogen) atoms. The Bertz CT molecular complexity index is 502. The van der Waals surface area contributed by atoms with Gasteiger partial charge in [0, 0.05) is 11.8 Å². The summed E-state index contributed by atoms with van der Waals surface area (Å²) < 4.78 is 0. The number of aryl methyl sites for hydroxylation is 1. The average Bonchev–Trinajstić information content (AvgIpc) is 2.39. The molecule has 0 saturated carbocycles. The lowest BCUT2D eigenvalue weighted by molar-refractivity contribution is 0.0964. The number of ketones is 1. The third-order valence-electron chi connectivity index (χ3n) is 2.86. The van der Waals surface area contributed by atoms with Gasteiger partial charge in [0.25, 0.3) is 0 Å². The topological polar surface area (TPSA) is 30.0 Å². The Labute approximate surface area is 101 Å². The number of pyridine rings is 1. The van der Waals surface area contributed by atoms with Crippen molar-refractivity contribution >= 4 is 5.78 Å². The van der Waals surface area contributed by atoms with Gasteiger partial charge in [0.15, 0.2) is 5.78 Å². The van der Waals surface area contributed by atoms with Gasteiger partial charge in [-0.1, -0.05) is 35.9 Å². The van der Waals surface area contributed by atoms with Gasteiger partial charge < -0.3 is 0 Å². The molecule has 1 heterocycles. The van der Waals surface area contributed by atoms with Crippen LogP contribution in [0.3, 0.4) is 0 Å². The van der Waals surface area contributed by atoms with E-state index in [-0.39, 0.29) is 11.7 Å². The van der Waals surface area contributed by atoms with Gasteiger partial charge in [0.1, 0.15) is 0 Å². The van der Waals surface area contributed by atoms with Gasteiger partial charge in [0.05, 0.1) is 11.6 Å². The third kappa shape index (κ3) is 2.59. The molecule has 86 valence electrons. The molecule has 1 atom stereocenters. The second kappa shape index (κ2) is 4.91. The second-order valence-electron chi connectivity index (χ2n) is 4.21. The number of carbonyl (C=O) groups excluding carboxylic acids is 1. The zero-order chi connectivity index (χ0) is 12.3. The summed E-state index contributed by atoms with van der Waals surface area (Å²) >= 11 is 0. The fourth-order valence-electron chi connectivity index (χ4n) is 1.73. The van der Waals surface area contributed by atoms with E-state index in [1.165, 1.54) is 0 Å². The van der Waals surface area contributed by atoms with Gasteiger partial charge in [0.2, 0.25) is 0 Å². The molecule has 0 bridgehead atoms. The number of aromatic nitrogens is 1. The minimum Gasteiger partial charge on any atom is -0.293 e. The maximum atomic E-state index is 12.2. The summed E-state index contributed by atoms with van der Waals surface area (Å²) in [5.74, 6) is -0.0809. The highest BCUT2D eigenvalue weighted by Crippen LogP contribution is 2.18. The van der Waals surface area contributed by atoms with Gasteiger partial charge in [-0.25, -0.2) is 0 Å². The molecular weight excluding hydrogens is 210 g/mol. The number of hydrogen-bond donors (Lipinski definition) is 0. The van der Waals surface area contributed by atoms with Gasteiger partial charge in [-0.15, -0.1) is 0 Å². The third-order valence-corrected chi connectivity index (χ3v) is 2.86. The van der Waals surface area contributed by atoms with Crippen molar-refractivity contribution in [1.82, 2.24) is 4.98 Å². The van der Waals surface area contributed by atoms with Crippen LogP contribution in [-0.2, 0) is 0 Å². The smallest absolute Gasteiger partial charge is 0.171 e. The second-order valence-corrected chi connectivity index (χ2v) is 4.21. The SMILES string of the molecule is Cc1ccc(C(=O)C(C)c2ccccn2)cc1. The van der Waals surface area contributed by atoms with E-state index in [2.05, 4.69) is 4.98 Å². The van der Waals surface area contributed by atoms with Crippen LogP contribution in [0.15, 0.2) is 48.7 Å². The van der Waals surface area contributed by atoms with E-state index in [9.17, 15) is 4.79 Å². The largest absolute Gasteiger partial charge is 0.293 e. The minimum absolute atomic E-state index is 0.115. The highest BCUT2D eigenvalue weighted by molar-refractivity contribution is 6.00. The van der Waals surface area contributed by atoms with Crippen molar-refractivity contribution in [2.45, 2.75) is 19.8 Å². The Morgan fingerprint density at radius 1 is 1.12 bits per heavy atom. The summed E-state index contributed by atoms with van der Waals surface area (Å²) in [5.41, 5.74) is 2.72. The maximum Gasteiger partial charge on any atom is 0.171 e. The number of rotatable bonds is 3. The molecule has 0 aliphatic heterocycles. The zero-order valence-corrected chi connectivity index (χ0v) is 10.1. The lowest BCUT2D eigenvalue weighted by atomic mass is 9.95. The summed E-state index contributed by atoms with van der Waals surface area (Å²) in [6.45, 7) is 3.90. The first kappa shape index (κ1) is 11.5.